The zero-order chi connectivity index (χ0) is 10.1. The highest BCUT2D eigenvalue weighted by Gasteiger charge is 2.36. The molecule has 4 heteroatoms. The third-order valence-electron chi connectivity index (χ3n) is 2.08. The van der Waals surface area contributed by atoms with Crippen LogP contribution < -0.4 is 0 Å². The van der Waals surface area contributed by atoms with Crippen molar-refractivity contribution in [2.24, 2.45) is 0 Å². The predicted octanol–water partition coefficient (Wildman–Crippen LogP) is 3.56. The van der Waals surface area contributed by atoms with Crippen LogP contribution in [0, 0.1) is 0 Å². The monoisotopic (exact) mass is 208 g/mol. The summed E-state index contributed by atoms with van der Waals surface area (Å²) in [6, 6.07) is 0. The Labute approximate surface area is 79.9 Å². The molecule has 0 aromatic heterocycles. The van der Waals surface area contributed by atoms with Crippen molar-refractivity contribution in [2.75, 3.05) is 6.26 Å². The highest BCUT2D eigenvalue weighted by molar-refractivity contribution is 8.00. The van der Waals surface area contributed by atoms with Crippen LogP contribution in [0.2, 0.25) is 0 Å². The van der Waals surface area contributed by atoms with Gasteiger partial charge in [0.2, 0.25) is 0 Å². The largest absolute Gasteiger partial charge is 0.416 e. The average Bonchev–Trinajstić information content (AvgIpc) is 2.03. The molecule has 0 aromatic carbocycles. The number of hydrogen-bond donors (Lipinski definition) is 0. The summed E-state index contributed by atoms with van der Waals surface area (Å²) < 4.78 is 36.5. The van der Waals surface area contributed by atoms with Gasteiger partial charge in [0.25, 0.3) is 0 Å². The summed E-state index contributed by atoms with van der Waals surface area (Å²) in [6.07, 6.45) is 2.31. The van der Waals surface area contributed by atoms with Crippen molar-refractivity contribution in [2.45, 2.75) is 24.3 Å². The zero-order valence-corrected chi connectivity index (χ0v) is 8.30. The quantitative estimate of drug-likeness (QED) is 0.635. The molecule has 1 aliphatic carbocycles. The van der Waals surface area contributed by atoms with Gasteiger partial charge in [-0.1, -0.05) is 18.2 Å². The summed E-state index contributed by atoms with van der Waals surface area (Å²) in [7, 11) is 0. The third-order valence-corrected chi connectivity index (χ3v) is 3.29. The van der Waals surface area contributed by atoms with Gasteiger partial charge in [-0.2, -0.15) is 24.9 Å². The molecule has 0 saturated carbocycles. The molecule has 0 heterocycles. The number of rotatable bonds is 1. The van der Waals surface area contributed by atoms with Crippen LogP contribution in [0.1, 0.15) is 13.3 Å². The van der Waals surface area contributed by atoms with Crippen LogP contribution in [-0.2, 0) is 0 Å². The van der Waals surface area contributed by atoms with Gasteiger partial charge in [-0.05, 0) is 19.6 Å². The number of halogens is 3. The summed E-state index contributed by atoms with van der Waals surface area (Å²) in [4.78, 5) is 0. The van der Waals surface area contributed by atoms with Crippen molar-refractivity contribution in [1.29, 1.82) is 0 Å². The van der Waals surface area contributed by atoms with E-state index < -0.39 is 16.5 Å². The van der Waals surface area contributed by atoms with E-state index >= 15 is 0 Å². The lowest BCUT2D eigenvalue weighted by Crippen LogP contribution is -2.23. The van der Waals surface area contributed by atoms with Crippen LogP contribution in [0.5, 0.6) is 0 Å². The van der Waals surface area contributed by atoms with Gasteiger partial charge in [0.1, 0.15) is 0 Å². The minimum absolute atomic E-state index is 0.403. The van der Waals surface area contributed by atoms with Crippen molar-refractivity contribution in [3.05, 3.63) is 23.8 Å². The topological polar surface area (TPSA) is 0 Å². The molecule has 13 heavy (non-hydrogen) atoms. The number of alkyl halides is 3. The molecule has 0 aliphatic heterocycles. The first kappa shape index (κ1) is 10.7. The van der Waals surface area contributed by atoms with E-state index in [-0.39, 0.29) is 0 Å². The van der Waals surface area contributed by atoms with E-state index in [1.807, 2.05) is 13.2 Å². The van der Waals surface area contributed by atoms with Crippen LogP contribution in [0.4, 0.5) is 13.2 Å². The lowest BCUT2D eigenvalue weighted by molar-refractivity contribution is -0.0887. The molecule has 0 radical (unpaired) electrons. The number of hydrogen-bond acceptors (Lipinski definition) is 1. The van der Waals surface area contributed by atoms with Crippen LogP contribution >= 0.6 is 11.8 Å². The normalized spacial score (nSPS) is 28.8. The molecule has 1 rings (SSSR count). The molecule has 1 atom stereocenters. The number of thioether (sulfide) groups is 1. The zero-order valence-electron chi connectivity index (χ0n) is 7.48. The first-order valence-electron chi connectivity index (χ1n) is 3.89. The fourth-order valence-corrected chi connectivity index (χ4v) is 1.68. The molecule has 0 fully saturated rings. The Morgan fingerprint density at radius 2 is 2.08 bits per heavy atom. The van der Waals surface area contributed by atoms with Gasteiger partial charge < -0.3 is 0 Å². The second kappa shape index (κ2) is 3.40. The van der Waals surface area contributed by atoms with Crippen LogP contribution in [0.15, 0.2) is 23.8 Å². The lowest BCUT2D eigenvalue weighted by atomic mass is 9.97. The molecule has 74 valence electrons. The minimum atomic E-state index is -4.21. The van der Waals surface area contributed by atoms with Gasteiger partial charge in [-0.15, -0.1) is 0 Å². The Morgan fingerprint density at radius 3 is 2.54 bits per heavy atom. The standard InChI is InChI=1S/C9H11F3S/c1-8(13-2)5-3-4-7(6-8)9(10,11)12/h3-4,6H,5H2,1-2H3. The second-order valence-corrected chi connectivity index (χ2v) is 4.56. The van der Waals surface area contributed by atoms with Gasteiger partial charge in [0.15, 0.2) is 0 Å². The van der Waals surface area contributed by atoms with E-state index in [4.69, 9.17) is 0 Å². The van der Waals surface area contributed by atoms with Crippen LogP contribution in [0.3, 0.4) is 0 Å². The molecular weight excluding hydrogens is 197 g/mol. The molecule has 0 spiro atoms. The highest BCUT2D eigenvalue weighted by atomic mass is 32.2. The fourth-order valence-electron chi connectivity index (χ4n) is 1.17. The molecular formula is C9H11F3S. The van der Waals surface area contributed by atoms with Crippen molar-refractivity contribution in [1.82, 2.24) is 0 Å². The van der Waals surface area contributed by atoms with Crippen LogP contribution in [-0.4, -0.2) is 17.2 Å². The number of allylic oxidation sites excluding steroid dienone is 3. The minimum Gasteiger partial charge on any atom is -0.166 e. The average molecular weight is 208 g/mol. The Hall–Kier alpha value is -0.380. The molecule has 0 nitrogen and oxygen atoms in total. The molecule has 1 aliphatic rings. The van der Waals surface area contributed by atoms with E-state index in [1.165, 1.54) is 17.8 Å². The first-order chi connectivity index (χ1) is 5.87. The molecule has 0 N–H and O–H groups in total. The van der Waals surface area contributed by atoms with Gasteiger partial charge in [-0.25, -0.2) is 0 Å². The summed E-state index contributed by atoms with van der Waals surface area (Å²) >= 11 is 1.44. The summed E-state index contributed by atoms with van der Waals surface area (Å²) in [5.74, 6) is 0. The molecule has 0 bridgehead atoms. The second-order valence-electron chi connectivity index (χ2n) is 3.22. The summed E-state index contributed by atoms with van der Waals surface area (Å²) in [5, 5.41) is 0. The highest BCUT2D eigenvalue weighted by Crippen LogP contribution is 2.38. The maximum Gasteiger partial charge on any atom is 0.416 e. The maximum atomic E-state index is 12.3. The molecule has 1 unspecified atom stereocenters. The first-order valence-corrected chi connectivity index (χ1v) is 5.12. The Balaban J connectivity index is 2.93. The van der Waals surface area contributed by atoms with Crippen LogP contribution in [0.25, 0.3) is 0 Å². The lowest BCUT2D eigenvalue weighted by Gasteiger charge is -2.26. The Bertz CT molecular complexity index is 252. The van der Waals surface area contributed by atoms with Crippen molar-refractivity contribution in [3.63, 3.8) is 0 Å². The predicted molar refractivity (Wildman–Crippen MR) is 49.8 cm³/mol. The fraction of sp³-hybridized carbons (Fsp3) is 0.556. The van der Waals surface area contributed by atoms with Crippen molar-refractivity contribution < 1.29 is 13.2 Å². The van der Waals surface area contributed by atoms with Gasteiger partial charge in [-0.3, -0.25) is 0 Å². The van der Waals surface area contributed by atoms with E-state index in [0.29, 0.717) is 6.42 Å². The third kappa shape index (κ3) is 2.53. The molecule has 0 saturated heterocycles. The van der Waals surface area contributed by atoms with E-state index in [2.05, 4.69) is 0 Å². The SMILES string of the molecule is CSC1(C)C=C(C(F)(F)F)C=CC1. The van der Waals surface area contributed by atoms with Crippen molar-refractivity contribution in [3.8, 4) is 0 Å². The maximum absolute atomic E-state index is 12.3. The van der Waals surface area contributed by atoms with Gasteiger partial charge in [0, 0.05) is 4.75 Å². The van der Waals surface area contributed by atoms with Gasteiger partial charge in [0.05, 0.1) is 5.57 Å². The summed E-state index contributed by atoms with van der Waals surface area (Å²) in [6.45, 7) is 1.81. The van der Waals surface area contributed by atoms with Gasteiger partial charge >= 0.3 is 6.18 Å². The molecule has 0 amide bonds. The molecule has 0 aromatic rings. The summed E-state index contributed by atoms with van der Waals surface area (Å²) in [5.41, 5.74) is -0.532. The van der Waals surface area contributed by atoms with E-state index in [9.17, 15) is 13.2 Å². The van der Waals surface area contributed by atoms with Crippen molar-refractivity contribution >= 4 is 11.8 Å². The smallest absolute Gasteiger partial charge is 0.166 e. The van der Waals surface area contributed by atoms with E-state index in [1.54, 1.807) is 6.08 Å². The Kier molecular flexibility index (Phi) is 2.80. The Morgan fingerprint density at radius 1 is 1.46 bits per heavy atom. The van der Waals surface area contributed by atoms with E-state index in [0.717, 1.165) is 6.08 Å².